The van der Waals surface area contributed by atoms with Gasteiger partial charge in [-0.3, -0.25) is 29.0 Å². The van der Waals surface area contributed by atoms with Crippen molar-refractivity contribution >= 4 is 23.9 Å². The van der Waals surface area contributed by atoms with E-state index < -0.39 is 50.1 Å². The van der Waals surface area contributed by atoms with Crippen LogP contribution in [-0.2, 0) is 46.8 Å². The van der Waals surface area contributed by atoms with Crippen molar-refractivity contribution in [3.8, 4) is 0 Å². The molecule has 0 unspecified atom stereocenters. The molecule has 0 saturated carbocycles. The van der Waals surface area contributed by atoms with Crippen molar-refractivity contribution in [3.63, 3.8) is 0 Å². The molecule has 0 atom stereocenters. The van der Waals surface area contributed by atoms with Gasteiger partial charge in [-0.15, -0.1) is 0 Å². The molecule has 11 heteroatoms. The molecule has 0 amide bonds. The molecule has 0 heterocycles. The SMILES string of the molecule is O=C(O)CN(CCN(CC(=O)O)CC(=O)O)CC(=O)O.[Hg+2]. The molecule has 0 rings (SSSR count). The third kappa shape index (κ3) is 13.5. The summed E-state index contributed by atoms with van der Waals surface area (Å²) >= 11 is 0. The Kier molecular flexibility index (Phi) is 12.0. The molecular formula is C10H16HgN2O8+2. The van der Waals surface area contributed by atoms with E-state index in [-0.39, 0.29) is 40.8 Å². The van der Waals surface area contributed by atoms with Gasteiger partial charge >= 0.3 is 51.5 Å². The molecule has 0 aromatic rings. The zero-order valence-electron chi connectivity index (χ0n) is 11.3. The largest absolute Gasteiger partial charge is 2.00 e. The van der Waals surface area contributed by atoms with E-state index in [9.17, 15) is 19.2 Å². The predicted molar refractivity (Wildman–Crippen MR) is 63.4 cm³/mol. The smallest absolute Gasteiger partial charge is 0.480 e. The zero-order chi connectivity index (χ0) is 15.7. The fraction of sp³-hybridized carbons (Fsp3) is 0.600. The third-order valence-corrected chi connectivity index (χ3v) is 2.17. The van der Waals surface area contributed by atoms with Crippen LogP contribution in [0.2, 0.25) is 0 Å². The molecule has 0 spiro atoms. The first-order valence-corrected chi connectivity index (χ1v) is 5.52. The van der Waals surface area contributed by atoms with E-state index in [1.165, 1.54) is 0 Å². The summed E-state index contributed by atoms with van der Waals surface area (Å²) in [6.45, 7) is -2.25. The average molecular weight is 493 g/mol. The van der Waals surface area contributed by atoms with Gasteiger partial charge < -0.3 is 20.4 Å². The van der Waals surface area contributed by atoms with Crippen LogP contribution in [-0.4, -0.2) is 93.4 Å². The maximum Gasteiger partial charge on any atom is 2.00 e. The number of carboxylic acids is 4. The molecule has 0 aliphatic rings. The number of nitrogens with zero attached hydrogens (tertiary/aromatic N) is 2. The van der Waals surface area contributed by atoms with Gasteiger partial charge in [0.15, 0.2) is 0 Å². The van der Waals surface area contributed by atoms with Crippen LogP contribution in [0.4, 0.5) is 0 Å². The van der Waals surface area contributed by atoms with Crippen molar-refractivity contribution in [2.75, 3.05) is 39.3 Å². The second-order valence-electron chi connectivity index (χ2n) is 4.00. The van der Waals surface area contributed by atoms with Crippen molar-refractivity contribution in [2.24, 2.45) is 0 Å². The van der Waals surface area contributed by atoms with Gasteiger partial charge in [-0.1, -0.05) is 0 Å². The molecule has 0 bridgehead atoms. The number of carboxylic acid groups (broad SMARTS) is 4. The van der Waals surface area contributed by atoms with Gasteiger partial charge in [0.05, 0.1) is 26.2 Å². The third-order valence-electron chi connectivity index (χ3n) is 2.17. The Hall–Kier alpha value is -1.26. The zero-order valence-corrected chi connectivity index (χ0v) is 16.8. The topological polar surface area (TPSA) is 156 Å². The monoisotopic (exact) mass is 494 g/mol. The summed E-state index contributed by atoms with van der Waals surface area (Å²) < 4.78 is 0. The number of aliphatic carboxylic acids is 4. The standard InChI is InChI=1S/C10H16N2O8.Hg/c13-7(14)3-11(4-8(15)16)1-2-12(5-9(17)18)6-10(19)20;/h1-6H2,(H,13,14)(H,15,16)(H,17,18)(H,19,20);/q;+2. The fourth-order valence-corrected chi connectivity index (χ4v) is 1.48. The van der Waals surface area contributed by atoms with E-state index in [0.717, 1.165) is 9.80 Å². The molecular weight excluding hydrogens is 477 g/mol. The molecule has 0 radical (unpaired) electrons. The minimum atomic E-state index is -1.23. The van der Waals surface area contributed by atoms with E-state index in [1.807, 2.05) is 0 Å². The molecule has 21 heavy (non-hydrogen) atoms. The summed E-state index contributed by atoms with van der Waals surface area (Å²) in [5.41, 5.74) is 0. The number of rotatable bonds is 11. The quantitative estimate of drug-likeness (QED) is 0.236. The summed E-state index contributed by atoms with van der Waals surface area (Å²) in [6, 6.07) is 0. The van der Waals surface area contributed by atoms with Gasteiger partial charge in [-0.25, -0.2) is 0 Å². The Morgan fingerprint density at radius 2 is 0.762 bits per heavy atom. The van der Waals surface area contributed by atoms with Gasteiger partial charge in [0.2, 0.25) is 0 Å². The Morgan fingerprint density at radius 3 is 0.905 bits per heavy atom. The maximum absolute atomic E-state index is 10.6. The molecule has 10 nitrogen and oxygen atoms in total. The molecule has 114 valence electrons. The number of hydrogen-bond acceptors (Lipinski definition) is 6. The van der Waals surface area contributed by atoms with Crippen LogP contribution in [0.3, 0.4) is 0 Å². The van der Waals surface area contributed by atoms with E-state index in [0.29, 0.717) is 0 Å². The van der Waals surface area contributed by atoms with Crippen molar-refractivity contribution in [3.05, 3.63) is 0 Å². The predicted octanol–water partition coefficient (Wildman–Crippen LogP) is -2.07. The minimum absolute atomic E-state index is 0. The average Bonchev–Trinajstić information content (AvgIpc) is 2.22. The number of carbonyl (C=O) groups is 4. The van der Waals surface area contributed by atoms with Crippen LogP contribution in [0.1, 0.15) is 0 Å². The van der Waals surface area contributed by atoms with Crippen LogP contribution >= 0.6 is 0 Å². The van der Waals surface area contributed by atoms with Gasteiger partial charge in [0, 0.05) is 13.1 Å². The van der Waals surface area contributed by atoms with E-state index >= 15 is 0 Å². The first-order valence-electron chi connectivity index (χ1n) is 5.52. The van der Waals surface area contributed by atoms with Gasteiger partial charge in [-0.2, -0.15) is 0 Å². The molecule has 4 N–H and O–H groups in total. The molecule has 0 aliphatic heterocycles. The summed E-state index contributed by atoms with van der Waals surface area (Å²) in [7, 11) is 0. The molecule has 0 aromatic carbocycles. The minimum Gasteiger partial charge on any atom is -0.480 e. The second kappa shape index (κ2) is 11.4. The van der Waals surface area contributed by atoms with Crippen molar-refractivity contribution in [1.29, 1.82) is 0 Å². The van der Waals surface area contributed by atoms with Crippen LogP contribution in [0, 0.1) is 0 Å². The Bertz CT molecular complexity index is 321. The van der Waals surface area contributed by atoms with E-state index in [1.54, 1.807) is 0 Å². The van der Waals surface area contributed by atoms with Crippen LogP contribution in [0.15, 0.2) is 0 Å². The molecule has 0 saturated heterocycles. The van der Waals surface area contributed by atoms with Crippen LogP contribution in [0.5, 0.6) is 0 Å². The first kappa shape index (κ1) is 22.0. The van der Waals surface area contributed by atoms with Crippen molar-refractivity contribution in [2.45, 2.75) is 0 Å². The van der Waals surface area contributed by atoms with E-state index in [4.69, 9.17) is 20.4 Å². The maximum atomic E-state index is 10.6. The van der Waals surface area contributed by atoms with Crippen molar-refractivity contribution < 1.29 is 67.3 Å². The Labute approximate surface area is 140 Å². The van der Waals surface area contributed by atoms with Crippen LogP contribution in [0.25, 0.3) is 0 Å². The summed E-state index contributed by atoms with van der Waals surface area (Å²) in [6.07, 6.45) is 0. The summed E-state index contributed by atoms with van der Waals surface area (Å²) in [5.74, 6) is -4.91. The molecule has 0 aliphatic carbocycles. The normalized spacial score (nSPS) is 10.2. The van der Waals surface area contributed by atoms with Gasteiger partial charge in [-0.05, 0) is 0 Å². The van der Waals surface area contributed by atoms with Gasteiger partial charge in [0.25, 0.3) is 0 Å². The first-order chi connectivity index (χ1) is 9.20. The second-order valence-corrected chi connectivity index (χ2v) is 4.00. The Morgan fingerprint density at radius 1 is 0.571 bits per heavy atom. The summed E-state index contributed by atoms with van der Waals surface area (Å²) in [5, 5.41) is 34.5. The summed E-state index contributed by atoms with van der Waals surface area (Å²) in [4.78, 5) is 44.4. The Balaban J connectivity index is 0. The molecule has 0 aromatic heterocycles. The van der Waals surface area contributed by atoms with Crippen molar-refractivity contribution in [1.82, 2.24) is 9.80 Å². The van der Waals surface area contributed by atoms with Gasteiger partial charge in [0.1, 0.15) is 0 Å². The fourth-order valence-electron chi connectivity index (χ4n) is 1.48. The van der Waals surface area contributed by atoms with E-state index in [2.05, 4.69) is 0 Å². The number of hydrogen-bond donors (Lipinski definition) is 4. The van der Waals surface area contributed by atoms with Crippen LogP contribution < -0.4 is 0 Å². The molecule has 0 fully saturated rings.